The summed E-state index contributed by atoms with van der Waals surface area (Å²) >= 11 is 0. The van der Waals surface area contributed by atoms with E-state index in [1.807, 2.05) is 60.7 Å². The molecule has 0 radical (unpaired) electrons. The highest BCUT2D eigenvalue weighted by Gasteiger charge is 2.20. The standard InChI is InChI=1S/C45H25N5/c1-48-40-26-38(35-15-4-9-20-44(35)50-42-18-7-2-13-33(42)34-14-3-8-19-43(34)50)37(25-31(40)28-47)30-11-10-12-32(24-30)49-41-17-6-5-16-36(41)39-23-29(27-46)21-22-45(39)49/h2-26H. The second-order valence-electron chi connectivity index (χ2n) is 12.3. The molecule has 50 heavy (non-hydrogen) atoms. The van der Waals surface area contributed by atoms with Gasteiger partial charge in [0.25, 0.3) is 0 Å². The second kappa shape index (κ2) is 11.4. The van der Waals surface area contributed by atoms with Crippen molar-refractivity contribution in [3.63, 3.8) is 0 Å². The van der Waals surface area contributed by atoms with E-state index in [1.54, 1.807) is 0 Å². The van der Waals surface area contributed by atoms with Gasteiger partial charge in [-0.25, -0.2) is 4.85 Å². The summed E-state index contributed by atoms with van der Waals surface area (Å²) in [6, 6.07) is 55.8. The molecule has 5 heteroatoms. The van der Waals surface area contributed by atoms with Crippen LogP contribution in [0.5, 0.6) is 0 Å². The van der Waals surface area contributed by atoms with Crippen molar-refractivity contribution in [3.05, 3.63) is 174 Å². The molecule has 0 bridgehead atoms. The first-order valence-corrected chi connectivity index (χ1v) is 16.3. The van der Waals surface area contributed by atoms with E-state index in [9.17, 15) is 10.5 Å². The fourth-order valence-electron chi connectivity index (χ4n) is 7.44. The number of nitriles is 2. The van der Waals surface area contributed by atoms with Crippen LogP contribution in [-0.4, -0.2) is 9.13 Å². The average molecular weight is 636 g/mol. The van der Waals surface area contributed by atoms with Gasteiger partial charge in [0.15, 0.2) is 0 Å². The molecule has 0 spiro atoms. The van der Waals surface area contributed by atoms with Crippen molar-refractivity contribution in [1.82, 2.24) is 9.13 Å². The van der Waals surface area contributed by atoms with Crippen LogP contribution in [-0.2, 0) is 0 Å². The van der Waals surface area contributed by atoms with Crippen molar-refractivity contribution < 1.29 is 0 Å². The Morgan fingerprint density at radius 1 is 0.480 bits per heavy atom. The third-order valence-electron chi connectivity index (χ3n) is 9.61. The summed E-state index contributed by atoms with van der Waals surface area (Å²) in [5.74, 6) is 0. The van der Waals surface area contributed by atoms with Crippen LogP contribution in [0.4, 0.5) is 5.69 Å². The van der Waals surface area contributed by atoms with Crippen LogP contribution < -0.4 is 0 Å². The van der Waals surface area contributed by atoms with Gasteiger partial charge in [0.2, 0.25) is 5.69 Å². The highest BCUT2D eigenvalue weighted by atomic mass is 15.0. The van der Waals surface area contributed by atoms with Gasteiger partial charge < -0.3 is 9.13 Å². The van der Waals surface area contributed by atoms with Crippen LogP contribution in [0.3, 0.4) is 0 Å². The lowest BCUT2D eigenvalue weighted by Crippen LogP contribution is -1.99. The molecular formula is C45H25N5. The van der Waals surface area contributed by atoms with E-state index < -0.39 is 0 Å². The van der Waals surface area contributed by atoms with Crippen LogP contribution >= 0.6 is 0 Å². The zero-order chi connectivity index (χ0) is 33.8. The van der Waals surface area contributed by atoms with Gasteiger partial charge in [-0.3, -0.25) is 0 Å². The van der Waals surface area contributed by atoms with Gasteiger partial charge in [0.1, 0.15) is 0 Å². The Hall–Kier alpha value is -7.39. The fourth-order valence-corrected chi connectivity index (χ4v) is 7.44. The molecule has 0 N–H and O–H groups in total. The van der Waals surface area contributed by atoms with E-state index >= 15 is 0 Å². The van der Waals surface area contributed by atoms with Crippen molar-refractivity contribution in [2.45, 2.75) is 0 Å². The zero-order valence-corrected chi connectivity index (χ0v) is 26.7. The maximum Gasteiger partial charge on any atom is 0.205 e. The number of para-hydroxylation sites is 4. The van der Waals surface area contributed by atoms with Crippen LogP contribution in [0, 0.1) is 29.2 Å². The quantitative estimate of drug-likeness (QED) is 0.181. The van der Waals surface area contributed by atoms with Crippen LogP contribution in [0.25, 0.3) is 82.1 Å². The molecule has 9 rings (SSSR count). The maximum atomic E-state index is 10.2. The third kappa shape index (κ3) is 4.31. The van der Waals surface area contributed by atoms with Crippen molar-refractivity contribution in [3.8, 4) is 45.8 Å². The number of rotatable bonds is 4. The Morgan fingerprint density at radius 3 is 1.78 bits per heavy atom. The van der Waals surface area contributed by atoms with E-state index in [2.05, 4.69) is 117 Å². The molecule has 0 fully saturated rings. The van der Waals surface area contributed by atoms with Gasteiger partial charge in [0.05, 0.1) is 57.6 Å². The largest absolute Gasteiger partial charge is 0.309 e. The van der Waals surface area contributed by atoms with Gasteiger partial charge in [-0.05, 0) is 83.4 Å². The first-order valence-electron chi connectivity index (χ1n) is 16.3. The minimum Gasteiger partial charge on any atom is -0.309 e. The average Bonchev–Trinajstić information content (AvgIpc) is 3.70. The van der Waals surface area contributed by atoms with E-state index in [0.29, 0.717) is 16.8 Å². The molecule has 0 saturated heterocycles. The van der Waals surface area contributed by atoms with Crippen molar-refractivity contribution >= 4 is 49.3 Å². The lowest BCUT2D eigenvalue weighted by molar-refractivity contribution is 1.18. The molecule has 0 saturated carbocycles. The lowest BCUT2D eigenvalue weighted by Gasteiger charge is -2.18. The molecular weight excluding hydrogens is 611 g/mol. The summed E-state index contributed by atoms with van der Waals surface area (Å²) in [5, 5.41) is 24.2. The molecule has 0 aliphatic carbocycles. The predicted octanol–water partition coefficient (Wildman–Crippen LogP) is 11.5. The minimum atomic E-state index is 0.315. The molecule has 0 atom stereocenters. The van der Waals surface area contributed by atoms with E-state index in [0.717, 1.165) is 66.5 Å². The Bertz CT molecular complexity index is 2920. The van der Waals surface area contributed by atoms with Gasteiger partial charge in [0, 0.05) is 32.8 Å². The smallest absolute Gasteiger partial charge is 0.205 e. The molecule has 5 nitrogen and oxygen atoms in total. The van der Waals surface area contributed by atoms with E-state index in [4.69, 9.17) is 6.57 Å². The van der Waals surface area contributed by atoms with Crippen LogP contribution in [0.2, 0.25) is 0 Å². The Labute approximate surface area is 288 Å². The molecule has 2 aromatic heterocycles. The molecule has 0 amide bonds. The third-order valence-corrected chi connectivity index (χ3v) is 9.61. The molecule has 9 aromatic rings. The van der Waals surface area contributed by atoms with Gasteiger partial charge in [-0.2, -0.15) is 10.5 Å². The molecule has 230 valence electrons. The molecule has 0 unspecified atom stereocenters. The Balaban J connectivity index is 1.31. The molecule has 0 aliphatic heterocycles. The fraction of sp³-hybridized carbons (Fsp3) is 0. The molecule has 0 aliphatic rings. The second-order valence-corrected chi connectivity index (χ2v) is 12.3. The van der Waals surface area contributed by atoms with E-state index in [1.165, 1.54) is 10.8 Å². The Morgan fingerprint density at radius 2 is 1.10 bits per heavy atom. The van der Waals surface area contributed by atoms with Crippen LogP contribution in [0.1, 0.15) is 11.1 Å². The van der Waals surface area contributed by atoms with E-state index in [-0.39, 0.29) is 0 Å². The monoisotopic (exact) mass is 635 g/mol. The maximum absolute atomic E-state index is 10.2. The summed E-state index contributed by atoms with van der Waals surface area (Å²) in [6.45, 7) is 7.99. The SMILES string of the molecule is [C-]#[N+]c1cc(-c2ccccc2-n2c3ccccc3c3ccccc32)c(-c2cccc(-n3c4ccccc4c4cc(C#N)ccc43)c2)cc1C#N. The van der Waals surface area contributed by atoms with Crippen LogP contribution in [0.15, 0.2) is 152 Å². The number of benzene rings is 7. The summed E-state index contributed by atoms with van der Waals surface area (Å²) in [6.07, 6.45) is 0. The summed E-state index contributed by atoms with van der Waals surface area (Å²) in [5.41, 5.74) is 11.0. The summed E-state index contributed by atoms with van der Waals surface area (Å²) in [7, 11) is 0. The van der Waals surface area contributed by atoms with Gasteiger partial charge in [-0.1, -0.05) is 84.9 Å². The van der Waals surface area contributed by atoms with Crippen molar-refractivity contribution in [2.75, 3.05) is 0 Å². The lowest BCUT2D eigenvalue weighted by atomic mass is 9.90. The van der Waals surface area contributed by atoms with Crippen molar-refractivity contribution in [1.29, 1.82) is 10.5 Å². The van der Waals surface area contributed by atoms with Gasteiger partial charge in [-0.15, -0.1) is 0 Å². The number of nitrogens with zero attached hydrogens (tertiary/aromatic N) is 5. The number of fused-ring (bicyclic) bond motifs is 6. The number of hydrogen-bond acceptors (Lipinski definition) is 2. The normalized spacial score (nSPS) is 11.1. The number of aromatic nitrogens is 2. The zero-order valence-electron chi connectivity index (χ0n) is 26.7. The highest BCUT2D eigenvalue weighted by Crippen LogP contribution is 2.43. The first-order chi connectivity index (χ1) is 24.7. The minimum absolute atomic E-state index is 0.315. The van der Waals surface area contributed by atoms with Crippen molar-refractivity contribution in [2.24, 2.45) is 0 Å². The summed E-state index contributed by atoms with van der Waals surface area (Å²) < 4.78 is 4.52. The first kappa shape index (κ1) is 28.8. The van der Waals surface area contributed by atoms with Gasteiger partial charge >= 0.3 is 0 Å². The predicted molar refractivity (Wildman–Crippen MR) is 202 cm³/mol. The Kier molecular flexibility index (Phi) is 6.56. The number of hydrogen-bond donors (Lipinski definition) is 0. The molecule has 7 aromatic carbocycles. The highest BCUT2D eigenvalue weighted by molar-refractivity contribution is 6.11. The topological polar surface area (TPSA) is 61.8 Å². The molecule has 2 heterocycles. The summed E-state index contributed by atoms with van der Waals surface area (Å²) in [4.78, 5) is 3.79.